The average Bonchev–Trinajstić information content (AvgIpc) is 2.44. The largest absolute Gasteiger partial charge is 0.507 e. The van der Waals surface area contributed by atoms with E-state index in [4.69, 9.17) is 0 Å². The molecule has 2 nitrogen and oxygen atoms in total. The number of unbranched alkanes of at least 4 members (excludes halogenated alkanes) is 1. The molecule has 2 atom stereocenters. The molecule has 1 aliphatic carbocycles. The van der Waals surface area contributed by atoms with Gasteiger partial charge in [0.1, 0.15) is 11.5 Å². The summed E-state index contributed by atoms with van der Waals surface area (Å²) in [5.41, 5.74) is 3.10. The van der Waals surface area contributed by atoms with Crippen molar-refractivity contribution in [3.05, 3.63) is 34.9 Å². The molecule has 22 heavy (non-hydrogen) atoms. The Hall–Kier alpha value is -1.44. The standard InChI is InChI=1S/C20H30O2/c1-5-6-7-15-11-18(21)20(19(22)12-15)17-10-14(4)8-9-16(17)13(2)3/h10-13,16-17,21-22H,5-9H2,1-4H3. The van der Waals surface area contributed by atoms with Crippen LogP contribution in [0, 0.1) is 11.8 Å². The lowest BCUT2D eigenvalue weighted by atomic mass is 9.71. The SMILES string of the molecule is CCCCc1cc(O)c(C2C=C(C)CCC2C(C)C)c(O)c1. The normalized spacial score (nSPS) is 22.0. The van der Waals surface area contributed by atoms with Gasteiger partial charge in [-0.3, -0.25) is 0 Å². The second-order valence-electron chi connectivity index (χ2n) is 7.14. The summed E-state index contributed by atoms with van der Waals surface area (Å²) >= 11 is 0. The second-order valence-corrected chi connectivity index (χ2v) is 7.14. The van der Waals surface area contributed by atoms with Crippen molar-refractivity contribution in [2.75, 3.05) is 0 Å². The first-order chi connectivity index (χ1) is 10.4. The Morgan fingerprint density at radius 2 is 1.82 bits per heavy atom. The number of aryl methyl sites for hydroxylation is 1. The highest BCUT2D eigenvalue weighted by molar-refractivity contribution is 5.51. The number of phenols is 2. The molecule has 2 rings (SSSR count). The zero-order valence-electron chi connectivity index (χ0n) is 14.4. The molecule has 0 bridgehead atoms. The van der Waals surface area contributed by atoms with Crippen LogP contribution in [0.25, 0.3) is 0 Å². The van der Waals surface area contributed by atoms with Crippen LogP contribution in [0.5, 0.6) is 11.5 Å². The van der Waals surface area contributed by atoms with Gasteiger partial charge in [0.05, 0.1) is 0 Å². The number of hydrogen-bond acceptors (Lipinski definition) is 2. The van der Waals surface area contributed by atoms with Gasteiger partial charge in [0.25, 0.3) is 0 Å². The Bertz CT molecular complexity index is 520. The van der Waals surface area contributed by atoms with E-state index in [1.807, 2.05) is 12.1 Å². The van der Waals surface area contributed by atoms with Gasteiger partial charge in [0.2, 0.25) is 0 Å². The van der Waals surface area contributed by atoms with Gasteiger partial charge in [-0.2, -0.15) is 0 Å². The van der Waals surface area contributed by atoms with Crippen molar-refractivity contribution in [3.8, 4) is 11.5 Å². The fraction of sp³-hybridized carbons (Fsp3) is 0.600. The number of hydrogen-bond donors (Lipinski definition) is 2. The summed E-state index contributed by atoms with van der Waals surface area (Å²) in [5.74, 6) is 1.64. The lowest BCUT2D eigenvalue weighted by Gasteiger charge is -2.33. The van der Waals surface area contributed by atoms with Crippen molar-refractivity contribution in [2.24, 2.45) is 11.8 Å². The highest BCUT2D eigenvalue weighted by atomic mass is 16.3. The van der Waals surface area contributed by atoms with E-state index in [2.05, 4.69) is 33.8 Å². The molecule has 0 aromatic heterocycles. The first-order valence-corrected chi connectivity index (χ1v) is 8.66. The van der Waals surface area contributed by atoms with Gasteiger partial charge in [-0.05, 0) is 62.1 Å². The molecule has 1 aliphatic rings. The third-order valence-corrected chi connectivity index (χ3v) is 5.00. The van der Waals surface area contributed by atoms with Gasteiger partial charge < -0.3 is 10.2 Å². The van der Waals surface area contributed by atoms with Crippen molar-refractivity contribution in [1.29, 1.82) is 0 Å². The third kappa shape index (κ3) is 3.66. The van der Waals surface area contributed by atoms with E-state index in [-0.39, 0.29) is 17.4 Å². The summed E-state index contributed by atoms with van der Waals surface area (Å²) in [4.78, 5) is 0. The molecular weight excluding hydrogens is 272 g/mol. The van der Waals surface area contributed by atoms with Crippen LogP contribution in [0.15, 0.2) is 23.8 Å². The molecule has 2 heteroatoms. The molecule has 0 heterocycles. The van der Waals surface area contributed by atoms with E-state index >= 15 is 0 Å². The van der Waals surface area contributed by atoms with E-state index < -0.39 is 0 Å². The Morgan fingerprint density at radius 1 is 1.18 bits per heavy atom. The molecule has 0 saturated heterocycles. The number of phenolic OH excluding ortho intramolecular Hbond substituents is 2. The van der Waals surface area contributed by atoms with E-state index in [9.17, 15) is 10.2 Å². The summed E-state index contributed by atoms with van der Waals surface area (Å²) in [6.07, 6.45) is 7.59. The van der Waals surface area contributed by atoms with Crippen LogP contribution < -0.4 is 0 Å². The van der Waals surface area contributed by atoms with Gasteiger partial charge in [0, 0.05) is 11.5 Å². The Balaban J connectivity index is 2.39. The summed E-state index contributed by atoms with van der Waals surface area (Å²) in [6, 6.07) is 3.69. The Morgan fingerprint density at radius 3 is 2.36 bits per heavy atom. The van der Waals surface area contributed by atoms with Crippen LogP contribution in [0.1, 0.15) is 70.4 Å². The molecular formula is C20H30O2. The molecule has 122 valence electrons. The highest BCUT2D eigenvalue weighted by Crippen LogP contribution is 2.46. The van der Waals surface area contributed by atoms with Gasteiger partial charge >= 0.3 is 0 Å². The maximum absolute atomic E-state index is 10.5. The minimum Gasteiger partial charge on any atom is -0.507 e. The lowest BCUT2D eigenvalue weighted by molar-refractivity contribution is 0.304. The predicted octanol–water partition coefficient (Wildman–Crippen LogP) is 5.54. The highest BCUT2D eigenvalue weighted by Gasteiger charge is 2.31. The molecule has 0 saturated carbocycles. The molecule has 0 spiro atoms. The fourth-order valence-corrected chi connectivity index (χ4v) is 3.68. The van der Waals surface area contributed by atoms with E-state index in [0.717, 1.165) is 43.2 Å². The molecule has 0 aliphatic heterocycles. The summed E-state index contributed by atoms with van der Waals surface area (Å²) in [7, 11) is 0. The molecule has 0 radical (unpaired) electrons. The minimum atomic E-state index is 0.119. The number of aromatic hydroxyl groups is 2. The van der Waals surface area contributed by atoms with E-state index in [0.29, 0.717) is 11.8 Å². The number of rotatable bonds is 5. The summed E-state index contributed by atoms with van der Waals surface area (Å²) < 4.78 is 0. The molecule has 1 aromatic carbocycles. The summed E-state index contributed by atoms with van der Waals surface area (Å²) in [6.45, 7) is 8.76. The zero-order valence-corrected chi connectivity index (χ0v) is 14.4. The van der Waals surface area contributed by atoms with Gasteiger partial charge in [-0.15, -0.1) is 0 Å². The Kier molecular flexibility index (Phi) is 5.55. The second kappa shape index (κ2) is 7.21. The molecule has 2 N–H and O–H groups in total. The smallest absolute Gasteiger partial charge is 0.123 e. The molecule has 0 amide bonds. The first kappa shape index (κ1) is 16.9. The fourth-order valence-electron chi connectivity index (χ4n) is 3.68. The van der Waals surface area contributed by atoms with Crippen molar-refractivity contribution >= 4 is 0 Å². The van der Waals surface area contributed by atoms with Crippen molar-refractivity contribution < 1.29 is 10.2 Å². The van der Waals surface area contributed by atoms with Crippen LogP contribution >= 0.6 is 0 Å². The first-order valence-electron chi connectivity index (χ1n) is 8.66. The van der Waals surface area contributed by atoms with Gasteiger partial charge in [-0.1, -0.05) is 38.8 Å². The van der Waals surface area contributed by atoms with Crippen LogP contribution in [0.2, 0.25) is 0 Å². The maximum atomic E-state index is 10.5. The summed E-state index contributed by atoms with van der Waals surface area (Å²) in [5, 5.41) is 21.0. The van der Waals surface area contributed by atoms with E-state index in [1.165, 1.54) is 5.57 Å². The average molecular weight is 302 g/mol. The van der Waals surface area contributed by atoms with Crippen LogP contribution in [-0.4, -0.2) is 10.2 Å². The van der Waals surface area contributed by atoms with Crippen LogP contribution in [0.3, 0.4) is 0 Å². The minimum absolute atomic E-state index is 0.119. The lowest BCUT2D eigenvalue weighted by Crippen LogP contribution is -2.21. The van der Waals surface area contributed by atoms with Crippen LogP contribution in [0.4, 0.5) is 0 Å². The maximum Gasteiger partial charge on any atom is 0.123 e. The number of allylic oxidation sites excluding steroid dienone is 2. The quantitative estimate of drug-likeness (QED) is 0.701. The van der Waals surface area contributed by atoms with Crippen LogP contribution in [-0.2, 0) is 6.42 Å². The predicted molar refractivity (Wildman–Crippen MR) is 92.4 cm³/mol. The Labute approximate surface area is 134 Å². The third-order valence-electron chi connectivity index (χ3n) is 5.00. The van der Waals surface area contributed by atoms with Gasteiger partial charge in [-0.25, -0.2) is 0 Å². The van der Waals surface area contributed by atoms with Crippen molar-refractivity contribution in [1.82, 2.24) is 0 Å². The zero-order chi connectivity index (χ0) is 16.3. The van der Waals surface area contributed by atoms with Crippen molar-refractivity contribution in [2.45, 2.75) is 65.7 Å². The topological polar surface area (TPSA) is 40.5 Å². The van der Waals surface area contributed by atoms with E-state index in [1.54, 1.807) is 0 Å². The monoisotopic (exact) mass is 302 g/mol. The van der Waals surface area contributed by atoms with Crippen molar-refractivity contribution in [3.63, 3.8) is 0 Å². The molecule has 0 fully saturated rings. The molecule has 1 aromatic rings. The van der Waals surface area contributed by atoms with Gasteiger partial charge in [0.15, 0.2) is 0 Å². The molecule has 2 unspecified atom stereocenters. The number of benzene rings is 1.